The molecule has 0 aromatic heterocycles. The molecule has 0 saturated carbocycles. The number of ketones is 1. The fraction of sp³-hybridized carbons (Fsp3) is 0.263. The van der Waals surface area contributed by atoms with Crippen molar-refractivity contribution in [2.45, 2.75) is 6.92 Å². The predicted molar refractivity (Wildman–Crippen MR) is 104 cm³/mol. The van der Waals surface area contributed by atoms with Crippen molar-refractivity contribution in [3.05, 3.63) is 63.2 Å². The zero-order chi connectivity index (χ0) is 17.1. The van der Waals surface area contributed by atoms with Gasteiger partial charge < -0.3 is 9.80 Å². The number of hydrogen-bond acceptors (Lipinski definition) is 3. The maximum Gasteiger partial charge on any atom is 0.253 e. The summed E-state index contributed by atoms with van der Waals surface area (Å²) >= 11 is 2.24. The number of rotatable bonds is 3. The molecule has 5 heteroatoms. The molecule has 1 fully saturated rings. The van der Waals surface area contributed by atoms with Crippen LogP contribution in [0.4, 0.5) is 5.69 Å². The Labute approximate surface area is 155 Å². The van der Waals surface area contributed by atoms with Gasteiger partial charge in [-0.3, -0.25) is 9.59 Å². The van der Waals surface area contributed by atoms with Gasteiger partial charge in [0.15, 0.2) is 5.78 Å². The summed E-state index contributed by atoms with van der Waals surface area (Å²) in [5.41, 5.74) is 2.57. The van der Waals surface area contributed by atoms with Crippen LogP contribution in [0.2, 0.25) is 0 Å². The summed E-state index contributed by atoms with van der Waals surface area (Å²) in [6.45, 7) is 4.59. The predicted octanol–water partition coefficient (Wildman–Crippen LogP) is 3.46. The number of nitrogens with zero attached hydrogens (tertiary/aromatic N) is 2. The molecule has 0 aliphatic carbocycles. The first kappa shape index (κ1) is 17.0. The molecular weight excluding hydrogens is 415 g/mol. The van der Waals surface area contributed by atoms with Crippen molar-refractivity contribution in [1.29, 1.82) is 0 Å². The second-order valence-electron chi connectivity index (χ2n) is 5.89. The Morgan fingerprint density at radius 1 is 0.833 bits per heavy atom. The molecular formula is C19H19IN2O2. The summed E-state index contributed by atoms with van der Waals surface area (Å²) < 4.78 is 1.13. The summed E-state index contributed by atoms with van der Waals surface area (Å²) in [4.78, 5) is 28.0. The van der Waals surface area contributed by atoms with E-state index in [0.717, 1.165) is 33.5 Å². The highest BCUT2D eigenvalue weighted by Crippen LogP contribution is 2.19. The molecule has 2 aromatic carbocycles. The monoisotopic (exact) mass is 434 g/mol. The Morgan fingerprint density at radius 3 is 1.92 bits per heavy atom. The van der Waals surface area contributed by atoms with E-state index in [9.17, 15) is 9.59 Å². The number of piperazine rings is 1. The van der Waals surface area contributed by atoms with Crippen molar-refractivity contribution < 1.29 is 9.59 Å². The second kappa shape index (κ2) is 7.34. The van der Waals surface area contributed by atoms with E-state index in [0.29, 0.717) is 13.1 Å². The molecule has 0 unspecified atom stereocenters. The van der Waals surface area contributed by atoms with E-state index < -0.39 is 0 Å². The van der Waals surface area contributed by atoms with Crippen LogP contribution in [-0.2, 0) is 0 Å². The first-order valence-corrected chi connectivity index (χ1v) is 9.03. The van der Waals surface area contributed by atoms with Gasteiger partial charge >= 0.3 is 0 Å². The van der Waals surface area contributed by atoms with Gasteiger partial charge in [0.05, 0.1) is 0 Å². The van der Waals surface area contributed by atoms with E-state index in [1.807, 2.05) is 53.4 Å². The summed E-state index contributed by atoms with van der Waals surface area (Å²) in [6.07, 6.45) is 0. The summed E-state index contributed by atoms with van der Waals surface area (Å²) in [7, 11) is 0. The van der Waals surface area contributed by atoms with E-state index in [2.05, 4.69) is 27.5 Å². The quantitative estimate of drug-likeness (QED) is 0.549. The van der Waals surface area contributed by atoms with Gasteiger partial charge in [0.1, 0.15) is 0 Å². The molecule has 1 aliphatic rings. The largest absolute Gasteiger partial charge is 0.368 e. The fourth-order valence-corrected chi connectivity index (χ4v) is 3.21. The molecule has 1 amide bonds. The standard InChI is InChI=1S/C19H19IN2O2/c1-14(23)15-4-8-18(9-5-15)21-10-12-22(13-11-21)19(24)16-2-6-17(20)7-3-16/h2-9H,10-13H2,1H3. The maximum atomic E-state index is 12.5. The molecule has 124 valence electrons. The van der Waals surface area contributed by atoms with Gasteiger partial charge in [0.2, 0.25) is 0 Å². The van der Waals surface area contributed by atoms with E-state index in [-0.39, 0.29) is 11.7 Å². The van der Waals surface area contributed by atoms with Crippen LogP contribution in [0, 0.1) is 3.57 Å². The molecule has 0 atom stereocenters. The summed E-state index contributed by atoms with van der Waals surface area (Å²) in [6, 6.07) is 15.4. The van der Waals surface area contributed by atoms with E-state index in [1.54, 1.807) is 6.92 Å². The van der Waals surface area contributed by atoms with Crippen molar-refractivity contribution in [3.63, 3.8) is 0 Å². The topological polar surface area (TPSA) is 40.6 Å². The number of anilines is 1. The molecule has 1 heterocycles. The summed E-state index contributed by atoms with van der Waals surface area (Å²) in [5, 5.41) is 0. The lowest BCUT2D eigenvalue weighted by Gasteiger charge is -2.36. The third-order valence-electron chi connectivity index (χ3n) is 4.30. The average molecular weight is 434 g/mol. The minimum absolute atomic E-state index is 0.0782. The lowest BCUT2D eigenvalue weighted by Crippen LogP contribution is -2.48. The number of carbonyl (C=O) groups is 2. The van der Waals surface area contributed by atoms with Gasteiger partial charge in [-0.25, -0.2) is 0 Å². The Bertz CT molecular complexity index is 733. The minimum atomic E-state index is 0.0782. The number of hydrogen-bond donors (Lipinski definition) is 0. The molecule has 0 spiro atoms. The lowest BCUT2D eigenvalue weighted by atomic mass is 10.1. The van der Waals surface area contributed by atoms with Crippen LogP contribution in [0.5, 0.6) is 0 Å². The van der Waals surface area contributed by atoms with Crippen LogP contribution in [0.3, 0.4) is 0 Å². The number of benzene rings is 2. The van der Waals surface area contributed by atoms with Crippen molar-refractivity contribution in [1.82, 2.24) is 4.90 Å². The van der Waals surface area contributed by atoms with Crippen molar-refractivity contribution >= 4 is 40.0 Å². The number of carbonyl (C=O) groups excluding carboxylic acids is 2. The number of Topliss-reactive ketones (excluding diaryl/α,β-unsaturated/α-hetero) is 1. The normalized spacial score (nSPS) is 14.6. The van der Waals surface area contributed by atoms with Crippen LogP contribution >= 0.6 is 22.6 Å². The molecule has 1 saturated heterocycles. The number of halogens is 1. The van der Waals surface area contributed by atoms with Crippen molar-refractivity contribution in [3.8, 4) is 0 Å². The highest BCUT2D eigenvalue weighted by atomic mass is 127. The van der Waals surface area contributed by atoms with Crippen LogP contribution < -0.4 is 4.90 Å². The first-order valence-electron chi connectivity index (χ1n) is 7.95. The molecule has 2 aromatic rings. The molecule has 0 N–H and O–H groups in total. The second-order valence-corrected chi connectivity index (χ2v) is 7.13. The van der Waals surface area contributed by atoms with Crippen LogP contribution in [0.15, 0.2) is 48.5 Å². The zero-order valence-corrected chi connectivity index (χ0v) is 15.7. The van der Waals surface area contributed by atoms with Crippen molar-refractivity contribution in [2.75, 3.05) is 31.1 Å². The fourth-order valence-electron chi connectivity index (χ4n) is 2.85. The smallest absolute Gasteiger partial charge is 0.253 e. The Balaban J connectivity index is 1.62. The highest BCUT2D eigenvalue weighted by Gasteiger charge is 2.22. The Morgan fingerprint density at radius 2 is 1.38 bits per heavy atom. The number of amides is 1. The van der Waals surface area contributed by atoms with Crippen molar-refractivity contribution in [2.24, 2.45) is 0 Å². The first-order chi connectivity index (χ1) is 11.5. The molecule has 0 radical (unpaired) electrons. The molecule has 3 rings (SSSR count). The highest BCUT2D eigenvalue weighted by molar-refractivity contribution is 14.1. The van der Waals surface area contributed by atoms with Crippen LogP contribution in [0.1, 0.15) is 27.6 Å². The molecule has 24 heavy (non-hydrogen) atoms. The summed E-state index contributed by atoms with van der Waals surface area (Å²) in [5.74, 6) is 0.174. The van der Waals surface area contributed by atoms with Gasteiger partial charge in [-0.05, 0) is 78.0 Å². The van der Waals surface area contributed by atoms with Gasteiger partial charge in [-0.2, -0.15) is 0 Å². The SMILES string of the molecule is CC(=O)c1ccc(N2CCN(C(=O)c3ccc(I)cc3)CC2)cc1. The van der Waals surface area contributed by atoms with E-state index >= 15 is 0 Å². The lowest BCUT2D eigenvalue weighted by molar-refractivity contribution is 0.0746. The van der Waals surface area contributed by atoms with Gasteiger partial charge in [0.25, 0.3) is 5.91 Å². The van der Waals surface area contributed by atoms with Crippen LogP contribution in [-0.4, -0.2) is 42.8 Å². The van der Waals surface area contributed by atoms with Gasteiger partial charge in [-0.15, -0.1) is 0 Å². The maximum absolute atomic E-state index is 12.5. The Hall–Kier alpha value is -1.89. The zero-order valence-electron chi connectivity index (χ0n) is 13.5. The minimum Gasteiger partial charge on any atom is -0.368 e. The van der Waals surface area contributed by atoms with Gasteiger partial charge in [-0.1, -0.05) is 0 Å². The Kier molecular flexibility index (Phi) is 5.18. The van der Waals surface area contributed by atoms with E-state index in [4.69, 9.17) is 0 Å². The van der Waals surface area contributed by atoms with Crippen LogP contribution in [0.25, 0.3) is 0 Å². The van der Waals surface area contributed by atoms with E-state index in [1.165, 1.54) is 0 Å². The molecule has 4 nitrogen and oxygen atoms in total. The third-order valence-corrected chi connectivity index (χ3v) is 5.02. The average Bonchev–Trinajstić information content (AvgIpc) is 2.62. The van der Waals surface area contributed by atoms with Gasteiger partial charge in [0, 0.05) is 46.6 Å². The molecule has 0 bridgehead atoms. The molecule has 1 aliphatic heterocycles. The third kappa shape index (κ3) is 3.77.